The molecule has 1 aliphatic rings. The Labute approximate surface area is 130 Å². The minimum absolute atomic E-state index is 0.0768. The number of para-hydroxylation sites is 1. The van der Waals surface area contributed by atoms with Gasteiger partial charge in [0.1, 0.15) is 5.84 Å². The van der Waals surface area contributed by atoms with Gasteiger partial charge in [-0.15, -0.1) is 11.8 Å². The fourth-order valence-electron chi connectivity index (χ4n) is 2.35. The van der Waals surface area contributed by atoms with Crippen LogP contribution in [-0.4, -0.2) is 11.3 Å². The molecule has 4 heteroatoms. The second kappa shape index (κ2) is 6.22. The van der Waals surface area contributed by atoms with Gasteiger partial charge in [-0.1, -0.05) is 48.0 Å². The smallest absolute Gasteiger partial charge is 0.189 e. The minimum Gasteiger partial charge on any atom is -0.283 e. The van der Waals surface area contributed by atoms with Crippen molar-refractivity contribution in [2.24, 2.45) is 4.99 Å². The fraction of sp³-hybridized carbons (Fsp3) is 0.235. The van der Waals surface area contributed by atoms with Crippen molar-refractivity contribution in [1.82, 2.24) is 5.43 Å². The number of hydrazine groups is 1. The SMILES string of the molecule is CC1=NC(SCc2cccc(C)c2)N(c2ccccc2)N1. The molecular weight excluding hydrogens is 278 g/mol. The molecule has 0 bridgehead atoms. The molecule has 0 aromatic heterocycles. The number of aryl methyl sites for hydroxylation is 1. The molecule has 1 heterocycles. The molecular formula is C17H19N3S. The third-order valence-corrected chi connectivity index (χ3v) is 4.44. The van der Waals surface area contributed by atoms with Crippen LogP contribution in [0.2, 0.25) is 0 Å². The number of aliphatic imine (C=N–C) groups is 1. The third-order valence-electron chi connectivity index (χ3n) is 3.32. The van der Waals surface area contributed by atoms with Crippen molar-refractivity contribution in [3.63, 3.8) is 0 Å². The van der Waals surface area contributed by atoms with Gasteiger partial charge in [0.25, 0.3) is 0 Å². The number of nitrogens with one attached hydrogen (secondary N) is 1. The van der Waals surface area contributed by atoms with Gasteiger partial charge in [0, 0.05) is 5.75 Å². The van der Waals surface area contributed by atoms with Gasteiger partial charge in [-0.2, -0.15) is 0 Å². The number of thioether (sulfide) groups is 1. The zero-order valence-corrected chi connectivity index (χ0v) is 13.1. The Bertz CT molecular complexity index is 639. The van der Waals surface area contributed by atoms with Crippen LogP contribution in [0.5, 0.6) is 0 Å². The van der Waals surface area contributed by atoms with E-state index in [1.807, 2.05) is 36.9 Å². The van der Waals surface area contributed by atoms with Crippen LogP contribution in [0.15, 0.2) is 59.6 Å². The highest BCUT2D eigenvalue weighted by atomic mass is 32.2. The van der Waals surface area contributed by atoms with Crippen LogP contribution in [-0.2, 0) is 5.75 Å². The Balaban J connectivity index is 1.71. The predicted octanol–water partition coefficient (Wildman–Crippen LogP) is 3.96. The van der Waals surface area contributed by atoms with Crippen LogP contribution in [0, 0.1) is 6.92 Å². The van der Waals surface area contributed by atoms with Crippen LogP contribution >= 0.6 is 11.8 Å². The average Bonchev–Trinajstić information content (AvgIpc) is 2.87. The summed E-state index contributed by atoms with van der Waals surface area (Å²) in [5.41, 5.74) is 7.19. The highest BCUT2D eigenvalue weighted by molar-refractivity contribution is 7.99. The molecule has 1 unspecified atom stereocenters. The van der Waals surface area contributed by atoms with E-state index in [0.29, 0.717) is 0 Å². The van der Waals surface area contributed by atoms with Crippen LogP contribution in [0.3, 0.4) is 0 Å². The van der Waals surface area contributed by atoms with E-state index in [9.17, 15) is 0 Å². The summed E-state index contributed by atoms with van der Waals surface area (Å²) < 4.78 is 0. The van der Waals surface area contributed by atoms with Gasteiger partial charge < -0.3 is 0 Å². The van der Waals surface area contributed by atoms with E-state index in [0.717, 1.165) is 17.3 Å². The average molecular weight is 297 g/mol. The first-order chi connectivity index (χ1) is 10.2. The highest BCUT2D eigenvalue weighted by Crippen LogP contribution is 2.28. The lowest BCUT2D eigenvalue weighted by molar-refractivity contribution is 0.799. The summed E-state index contributed by atoms with van der Waals surface area (Å²) in [6.07, 6.45) is 0. The number of amidine groups is 1. The predicted molar refractivity (Wildman–Crippen MR) is 91.4 cm³/mol. The lowest BCUT2D eigenvalue weighted by Gasteiger charge is -2.24. The highest BCUT2D eigenvalue weighted by Gasteiger charge is 2.24. The fourth-order valence-corrected chi connectivity index (χ4v) is 3.42. The first kappa shape index (κ1) is 14.0. The second-order valence-corrected chi connectivity index (χ2v) is 6.20. The molecule has 2 aromatic rings. The van der Waals surface area contributed by atoms with Crippen molar-refractivity contribution in [2.45, 2.75) is 25.1 Å². The van der Waals surface area contributed by atoms with Crippen molar-refractivity contribution < 1.29 is 0 Å². The van der Waals surface area contributed by atoms with Gasteiger partial charge in [-0.25, -0.2) is 4.99 Å². The maximum atomic E-state index is 4.68. The van der Waals surface area contributed by atoms with Crippen LogP contribution in [0.4, 0.5) is 5.69 Å². The molecule has 0 aliphatic carbocycles. The lowest BCUT2D eigenvalue weighted by Crippen LogP contribution is -2.39. The van der Waals surface area contributed by atoms with Crippen molar-refractivity contribution in [2.75, 3.05) is 5.01 Å². The van der Waals surface area contributed by atoms with Crippen LogP contribution < -0.4 is 10.4 Å². The molecule has 1 N–H and O–H groups in total. The molecule has 21 heavy (non-hydrogen) atoms. The lowest BCUT2D eigenvalue weighted by atomic mass is 10.2. The molecule has 3 nitrogen and oxygen atoms in total. The standard InChI is InChI=1S/C17H19N3S/c1-13-7-6-8-15(11-13)12-21-17-18-14(2)19-20(17)16-9-4-3-5-10-16/h3-11,17H,12H2,1-2H3,(H,18,19). The molecule has 0 amide bonds. The number of benzene rings is 2. The number of nitrogens with zero attached hydrogens (tertiary/aromatic N) is 2. The summed E-state index contributed by atoms with van der Waals surface area (Å²) >= 11 is 1.83. The largest absolute Gasteiger partial charge is 0.283 e. The number of rotatable bonds is 4. The summed E-state index contributed by atoms with van der Waals surface area (Å²) in [5, 5.41) is 2.12. The molecule has 108 valence electrons. The minimum atomic E-state index is 0.0768. The van der Waals surface area contributed by atoms with Gasteiger partial charge in [0.15, 0.2) is 5.50 Å². The zero-order chi connectivity index (χ0) is 14.7. The van der Waals surface area contributed by atoms with E-state index in [1.165, 1.54) is 11.1 Å². The van der Waals surface area contributed by atoms with Crippen molar-refractivity contribution in [3.05, 3.63) is 65.7 Å². The van der Waals surface area contributed by atoms with E-state index in [-0.39, 0.29) is 5.50 Å². The van der Waals surface area contributed by atoms with Gasteiger partial charge in [0.05, 0.1) is 5.69 Å². The summed E-state index contributed by atoms with van der Waals surface area (Å²) in [4.78, 5) is 4.68. The monoisotopic (exact) mass is 297 g/mol. The van der Waals surface area contributed by atoms with E-state index in [1.54, 1.807) is 0 Å². The third kappa shape index (κ3) is 3.39. The van der Waals surface area contributed by atoms with E-state index in [2.05, 4.69) is 58.7 Å². The second-order valence-electron chi connectivity index (χ2n) is 5.16. The zero-order valence-electron chi connectivity index (χ0n) is 12.3. The molecule has 0 radical (unpaired) electrons. The first-order valence-electron chi connectivity index (χ1n) is 7.05. The summed E-state index contributed by atoms with van der Waals surface area (Å²) in [6.45, 7) is 4.13. The van der Waals surface area contributed by atoms with Gasteiger partial charge in [0.2, 0.25) is 0 Å². The maximum absolute atomic E-state index is 4.68. The Kier molecular flexibility index (Phi) is 4.15. The molecule has 2 aromatic carbocycles. The normalized spacial score (nSPS) is 17.5. The summed E-state index contributed by atoms with van der Waals surface area (Å²) in [6, 6.07) is 19.0. The topological polar surface area (TPSA) is 27.6 Å². The Morgan fingerprint density at radius 3 is 2.67 bits per heavy atom. The Hall–Kier alpha value is -1.94. The number of hydrogen-bond acceptors (Lipinski definition) is 4. The Morgan fingerprint density at radius 1 is 1.10 bits per heavy atom. The van der Waals surface area contributed by atoms with Gasteiger partial charge >= 0.3 is 0 Å². The van der Waals surface area contributed by atoms with Crippen molar-refractivity contribution in [1.29, 1.82) is 0 Å². The number of hydrogen-bond donors (Lipinski definition) is 1. The van der Waals surface area contributed by atoms with Crippen LogP contribution in [0.25, 0.3) is 0 Å². The number of anilines is 1. The Morgan fingerprint density at radius 2 is 1.90 bits per heavy atom. The summed E-state index contributed by atoms with van der Waals surface area (Å²) in [7, 11) is 0. The van der Waals surface area contributed by atoms with E-state index < -0.39 is 0 Å². The van der Waals surface area contributed by atoms with Gasteiger partial charge in [-0.3, -0.25) is 10.4 Å². The molecule has 0 spiro atoms. The molecule has 0 saturated carbocycles. The maximum Gasteiger partial charge on any atom is 0.189 e. The molecule has 1 atom stereocenters. The molecule has 3 rings (SSSR count). The quantitative estimate of drug-likeness (QED) is 0.926. The van der Waals surface area contributed by atoms with E-state index in [4.69, 9.17) is 0 Å². The molecule has 0 fully saturated rings. The van der Waals surface area contributed by atoms with Crippen LogP contribution in [0.1, 0.15) is 18.1 Å². The van der Waals surface area contributed by atoms with Crippen molar-refractivity contribution >= 4 is 23.3 Å². The molecule has 0 saturated heterocycles. The van der Waals surface area contributed by atoms with Crippen molar-refractivity contribution in [3.8, 4) is 0 Å². The van der Waals surface area contributed by atoms with Gasteiger partial charge in [-0.05, 0) is 31.5 Å². The molecule has 1 aliphatic heterocycles. The first-order valence-corrected chi connectivity index (χ1v) is 8.10. The summed E-state index contributed by atoms with van der Waals surface area (Å²) in [5.74, 6) is 1.91. The van der Waals surface area contributed by atoms with E-state index >= 15 is 0 Å².